The number of allylic oxidation sites excluding steroid dienone is 3. The largest absolute Gasteiger partial charge is 0.469 e. The molecule has 0 aromatic heterocycles. The molecule has 4 nitrogen and oxygen atoms in total. The number of rotatable bonds is 13. The molecule has 0 spiro atoms. The number of unbranched alkanes of at least 4 members (excludes halogenated alkanes) is 4. The molecule has 0 saturated carbocycles. The average molecular weight is 324 g/mol. The molecule has 0 bridgehead atoms. The Kier molecular flexibility index (Phi) is 10.7. The minimum atomic E-state index is -0.477. The summed E-state index contributed by atoms with van der Waals surface area (Å²) in [5.74, 6) is -0.119. The van der Waals surface area contributed by atoms with Gasteiger partial charge in [0.2, 0.25) is 0 Å². The lowest BCUT2D eigenvalue weighted by atomic mass is 10.1. The van der Waals surface area contributed by atoms with Crippen LogP contribution in [0.4, 0.5) is 0 Å². The molecule has 3 atom stereocenters. The molecule has 1 fully saturated rings. The van der Waals surface area contributed by atoms with E-state index in [4.69, 9.17) is 4.74 Å². The Morgan fingerprint density at radius 3 is 2.65 bits per heavy atom. The molecule has 1 N–H and O–H groups in total. The summed E-state index contributed by atoms with van der Waals surface area (Å²) in [6.45, 7) is 2.11. The predicted molar refractivity (Wildman–Crippen MR) is 92.2 cm³/mol. The lowest BCUT2D eigenvalue weighted by Crippen LogP contribution is -2.13. The second-order valence-corrected chi connectivity index (χ2v) is 6.06. The summed E-state index contributed by atoms with van der Waals surface area (Å²) in [5, 5.41) is 9.98. The van der Waals surface area contributed by atoms with Crippen molar-refractivity contribution in [2.24, 2.45) is 0 Å². The lowest BCUT2D eigenvalue weighted by molar-refractivity contribution is -0.140. The Balaban J connectivity index is 1.96. The maximum Gasteiger partial charge on any atom is 0.305 e. The third kappa shape index (κ3) is 9.57. The average Bonchev–Trinajstić information content (AvgIpc) is 3.33. The molecule has 132 valence electrons. The molecule has 1 aliphatic rings. The summed E-state index contributed by atoms with van der Waals surface area (Å²) < 4.78 is 10.2. The van der Waals surface area contributed by atoms with Crippen molar-refractivity contribution in [1.82, 2.24) is 0 Å². The van der Waals surface area contributed by atoms with Crippen LogP contribution < -0.4 is 0 Å². The Morgan fingerprint density at radius 1 is 1.17 bits per heavy atom. The van der Waals surface area contributed by atoms with Crippen molar-refractivity contribution in [3.8, 4) is 0 Å². The van der Waals surface area contributed by atoms with Gasteiger partial charge >= 0.3 is 5.97 Å². The van der Waals surface area contributed by atoms with Crippen molar-refractivity contribution >= 4 is 5.97 Å². The quantitative estimate of drug-likeness (QED) is 0.241. The number of methoxy groups -OCH3 is 1. The number of hydrogen-bond donors (Lipinski definition) is 1. The number of hydrogen-bond acceptors (Lipinski definition) is 4. The lowest BCUT2D eigenvalue weighted by Gasteiger charge is -2.02. The fourth-order valence-electron chi connectivity index (χ4n) is 2.61. The van der Waals surface area contributed by atoms with Gasteiger partial charge in [-0.1, -0.05) is 56.9 Å². The van der Waals surface area contributed by atoms with E-state index in [1.54, 1.807) is 0 Å². The standard InChI is InChI=1S/C19H32O4/c1-3-4-5-7-10-13-16(20)19-17(23-19)14-11-8-6-9-12-15-18(21)22-2/h4-5,10,13,16-17,19-20H,3,6-9,11-12,14-15H2,1-2H3/b5-4-,13-10-/t16-,17+,19+/m0/s1. The van der Waals surface area contributed by atoms with Gasteiger partial charge in [0.1, 0.15) is 12.2 Å². The zero-order valence-corrected chi connectivity index (χ0v) is 14.6. The molecular formula is C19H32O4. The van der Waals surface area contributed by atoms with Crippen LogP contribution in [0.2, 0.25) is 0 Å². The Labute approximate surface area is 140 Å². The molecule has 1 heterocycles. The monoisotopic (exact) mass is 324 g/mol. The van der Waals surface area contributed by atoms with E-state index in [-0.39, 0.29) is 18.2 Å². The van der Waals surface area contributed by atoms with Gasteiger partial charge in [0, 0.05) is 6.42 Å². The van der Waals surface area contributed by atoms with Crippen LogP contribution in [-0.4, -0.2) is 36.5 Å². The van der Waals surface area contributed by atoms with Gasteiger partial charge in [-0.3, -0.25) is 4.79 Å². The zero-order chi connectivity index (χ0) is 16.9. The van der Waals surface area contributed by atoms with E-state index in [2.05, 4.69) is 23.8 Å². The first-order valence-corrected chi connectivity index (χ1v) is 8.91. The Bertz CT molecular complexity index is 376. The van der Waals surface area contributed by atoms with Gasteiger partial charge in [-0.05, 0) is 25.7 Å². The Hall–Kier alpha value is -1.13. The molecule has 0 aromatic carbocycles. The highest BCUT2D eigenvalue weighted by molar-refractivity contribution is 5.68. The van der Waals surface area contributed by atoms with Crippen LogP contribution in [0.3, 0.4) is 0 Å². The molecule has 1 aliphatic heterocycles. The van der Waals surface area contributed by atoms with Crippen molar-refractivity contribution in [1.29, 1.82) is 0 Å². The fraction of sp³-hybridized carbons (Fsp3) is 0.737. The van der Waals surface area contributed by atoms with Crippen LogP contribution in [0.1, 0.15) is 64.7 Å². The van der Waals surface area contributed by atoms with Crippen molar-refractivity contribution in [3.05, 3.63) is 24.3 Å². The van der Waals surface area contributed by atoms with E-state index in [0.717, 1.165) is 51.4 Å². The van der Waals surface area contributed by atoms with E-state index < -0.39 is 6.10 Å². The minimum Gasteiger partial charge on any atom is -0.469 e. The highest BCUT2D eigenvalue weighted by Gasteiger charge is 2.42. The van der Waals surface area contributed by atoms with Gasteiger partial charge in [0.15, 0.2) is 0 Å². The first-order chi connectivity index (χ1) is 11.2. The molecule has 4 heteroatoms. The van der Waals surface area contributed by atoms with E-state index in [0.29, 0.717) is 6.42 Å². The van der Waals surface area contributed by atoms with E-state index >= 15 is 0 Å². The predicted octanol–water partition coefficient (Wildman–Crippen LogP) is 3.93. The summed E-state index contributed by atoms with van der Waals surface area (Å²) >= 11 is 0. The maximum atomic E-state index is 11.0. The number of epoxide rings is 1. The zero-order valence-electron chi connectivity index (χ0n) is 14.6. The smallest absolute Gasteiger partial charge is 0.305 e. The van der Waals surface area contributed by atoms with Crippen LogP contribution in [0, 0.1) is 0 Å². The number of ether oxygens (including phenoxy) is 2. The fourth-order valence-corrected chi connectivity index (χ4v) is 2.61. The number of aliphatic hydroxyl groups excluding tert-OH is 1. The Morgan fingerprint density at radius 2 is 1.91 bits per heavy atom. The summed E-state index contributed by atoms with van der Waals surface area (Å²) in [4.78, 5) is 11.0. The summed E-state index contributed by atoms with van der Waals surface area (Å²) in [7, 11) is 1.43. The summed E-state index contributed by atoms with van der Waals surface area (Å²) in [6.07, 6.45) is 16.6. The molecule has 0 unspecified atom stereocenters. The SMILES string of the molecule is CC/C=C\C/C=C\[C@H](O)[C@H]1O[C@@H]1CCCCCCCC(=O)OC. The van der Waals surface area contributed by atoms with Gasteiger partial charge in [-0.2, -0.15) is 0 Å². The second kappa shape index (κ2) is 12.3. The van der Waals surface area contributed by atoms with Gasteiger partial charge in [0.05, 0.1) is 13.2 Å². The minimum absolute atomic E-state index is 0.0132. The number of esters is 1. The third-order valence-electron chi connectivity index (χ3n) is 4.06. The number of carbonyl (C=O) groups is 1. The van der Waals surface area contributed by atoms with Crippen molar-refractivity contribution in [2.45, 2.75) is 83.0 Å². The van der Waals surface area contributed by atoms with E-state index in [9.17, 15) is 9.90 Å². The number of carbonyl (C=O) groups excluding carboxylic acids is 1. The molecule has 0 aliphatic carbocycles. The molecule has 0 radical (unpaired) electrons. The van der Waals surface area contributed by atoms with Crippen molar-refractivity contribution < 1.29 is 19.4 Å². The van der Waals surface area contributed by atoms with E-state index in [1.807, 2.05) is 12.2 Å². The van der Waals surface area contributed by atoms with Crippen LogP contribution in [0.25, 0.3) is 0 Å². The molecule has 0 aromatic rings. The molecule has 0 amide bonds. The topological polar surface area (TPSA) is 59.1 Å². The number of aliphatic hydroxyl groups is 1. The first-order valence-electron chi connectivity index (χ1n) is 8.91. The van der Waals surface area contributed by atoms with Gasteiger partial charge in [0.25, 0.3) is 0 Å². The van der Waals surface area contributed by atoms with Gasteiger partial charge in [-0.15, -0.1) is 0 Å². The van der Waals surface area contributed by atoms with Crippen molar-refractivity contribution in [2.75, 3.05) is 7.11 Å². The molecule has 1 saturated heterocycles. The van der Waals surface area contributed by atoms with Gasteiger partial charge < -0.3 is 14.6 Å². The third-order valence-corrected chi connectivity index (χ3v) is 4.06. The summed E-state index contributed by atoms with van der Waals surface area (Å²) in [5.41, 5.74) is 0. The van der Waals surface area contributed by atoms with Gasteiger partial charge in [-0.25, -0.2) is 0 Å². The van der Waals surface area contributed by atoms with Crippen molar-refractivity contribution in [3.63, 3.8) is 0 Å². The normalized spacial score (nSPS) is 21.9. The summed E-state index contributed by atoms with van der Waals surface area (Å²) in [6, 6.07) is 0. The highest BCUT2D eigenvalue weighted by Crippen LogP contribution is 2.30. The second-order valence-electron chi connectivity index (χ2n) is 6.06. The van der Waals surface area contributed by atoms with Crippen LogP contribution >= 0.6 is 0 Å². The molecule has 23 heavy (non-hydrogen) atoms. The van der Waals surface area contributed by atoms with E-state index in [1.165, 1.54) is 7.11 Å². The highest BCUT2D eigenvalue weighted by atomic mass is 16.6. The van der Waals surface area contributed by atoms with Crippen LogP contribution in [0.5, 0.6) is 0 Å². The maximum absolute atomic E-state index is 11.0. The first kappa shape index (κ1) is 19.9. The van der Waals surface area contributed by atoms with Crippen LogP contribution in [0.15, 0.2) is 24.3 Å². The molecular weight excluding hydrogens is 292 g/mol. The molecule has 1 rings (SSSR count). The van der Waals surface area contributed by atoms with Crippen LogP contribution in [-0.2, 0) is 14.3 Å².